The van der Waals surface area contributed by atoms with E-state index in [2.05, 4.69) is 28.7 Å². The number of nitrogen functional groups attached to an aromatic ring is 1. The number of piperidine rings is 1. The number of nitrogens with two attached hydrogens (primary N) is 1. The first-order chi connectivity index (χ1) is 9.63. The van der Waals surface area contributed by atoms with E-state index in [1.165, 1.54) is 6.33 Å². The molecule has 1 aliphatic heterocycles. The van der Waals surface area contributed by atoms with Crippen molar-refractivity contribution in [3.05, 3.63) is 11.9 Å². The number of hydrogen-bond acceptors (Lipinski definition) is 6. The molecule has 0 spiro atoms. The zero-order valence-electron chi connectivity index (χ0n) is 12.2. The van der Waals surface area contributed by atoms with Crippen LogP contribution in [-0.2, 0) is 4.74 Å². The predicted octanol–water partition coefficient (Wildman–Crippen LogP) is 1.16. The molecular weight excluding hydrogens is 256 g/mol. The zero-order valence-corrected chi connectivity index (χ0v) is 12.2. The molecule has 2 rings (SSSR count). The van der Waals surface area contributed by atoms with Gasteiger partial charge in [0, 0.05) is 18.7 Å². The first-order valence-electron chi connectivity index (χ1n) is 7.21. The van der Waals surface area contributed by atoms with Crippen LogP contribution in [0.5, 0.6) is 0 Å². The number of aliphatic hydroxyl groups is 1. The number of anilines is 2. The van der Waals surface area contributed by atoms with Crippen molar-refractivity contribution < 1.29 is 9.84 Å². The molecule has 0 saturated carbocycles. The first-order valence-corrected chi connectivity index (χ1v) is 7.21. The number of aliphatic hydroxyl groups excluding tert-OH is 1. The fourth-order valence-corrected chi connectivity index (χ4v) is 2.66. The average molecular weight is 280 g/mol. The van der Waals surface area contributed by atoms with E-state index in [4.69, 9.17) is 15.6 Å². The Morgan fingerprint density at radius 2 is 2.10 bits per heavy atom. The molecule has 1 aliphatic rings. The van der Waals surface area contributed by atoms with Crippen LogP contribution in [0.2, 0.25) is 0 Å². The average Bonchev–Trinajstić information content (AvgIpc) is 2.45. The highest BCUT2D eigenvalue weighted by atomic mass is 16.5. The van der Waals surface area contributed by atoms with E-state index in [9.17, 15) is 0 Å². The highest BCUT2D eigenvalue weighted by Crippen LogP contribution is 2.30. The van der Waals surface area contributed by atoms with Gasteiger partial charge in [-0.25, -0.2) is 9.97 Å². The lowest BCUT2D eigenvalue weighted by molar-refractivity contribution is 0.0158. The summed E-state index contributed by atoms with van der Waals surface area (Å²) in [4.78, 5) is 10.8. The zero-order chi connectivity index (χ0) is 14.5. The van der Waals surface area contributed by atoms with Gasteiger partial charge < -0.3 is 20.5 Å². The summed E-state index contributed by atoms with van der Waals surface area (Å²) in [6.45, 7) is 6.51. The SMILES string of the molecule is CC(C)c1c(N)ncnc1N1CCC(OCCO)CC1. The molecule has 6 heteroatoms. The Morgan fingerprint density at radius 3 is 2.70 bits per heavy atom. The van der Waals surface area contributed by atoms with E-state index in [1.807, 2.05) is 0 Å². The molecule has 1 saturated heterocycles. The predicted molar refractivity (Wildman–Crippen MR) is 78.8 cm³/mol. The Balaban J connectivity index is 2.05. The molecule has 6 nitrogen and oxygen atoms in total. The standard InChI is InChI=1S/C14H24N4O2/c1-10(2)12-13(15)16-9-17-14(12)18-5-3-11(4-6-18)20-8-7-19/h9-11,19H,3-8H2,1-2H3,(H2,15,16,17). The second-order valence-corrected chi connectivity index (χ2v) is 5.43. The molecule has 2 heterocycles. The minimum Gasteiger partial charge on any atom is -0.394 e. The second-order valence-electron chi connectivity index (χ2n) is 5.43. The third-order valence-corrected chi connectivity index (χ3v) is 3.66. The van der Waals surface area contributed by atoms with Crippen LogP contribution in [0.4, 0.5) is 11.6 Å². The molecule has 0 amide bonds. The van der Waals surface area contributed by atoms with Gasteiger partial charge in [-0.05, 0) is 18.8 Å². The summed E-state index contributed by atoms with van der Waals surface area (Å²) in [6, 6.07) is 0. The molecular formula is C14H24N4O2. The van der Waals surface area contributed by atoms with E-state index in [0.717, 1.165) is 37.3 Å². The van der Waals surface area contributed by atoms with E-state index in [-0.39, 0.29) is 12.7 Å². The van der Waals surface area contributed by atoms with Gasteiger partial charge in [0.2, 0.25) is 0 Å². The lowest BCUT2D eigenvalue weighted by Gasteiger charge is -2.34. The maximum absolute atomic E-state index is 8.79. The van der Waals surface area contributed by atoms with Crippen LogP contribution in [0, 0.1) is 0 Å². The van der Waals surface area contributed by atoms with Crippen LogP contribution in [0.1, 0.15) is 38.2 Å². The number of hydrogen-bond donors (Lipinski definition) is 2. The van der Waals surface area contributed by atoms with Crippen molar-refractivity contribution in [3.8, 4) is 0 Å². The van der Waals surface area contributed by atoms with Crippen LogP contribution in [-0.4, -0.2) is 47.5 Å². The van der Waals surface area contributed by atoms with Crippen LogP contribution < -0.4 is 10.6 Å². The van der Waals surface area contributed by atoms with Gasteiger partial charge in [-0.2, -0.15) is 0 Å². The summed E-state index contributed by atoms with van der Waals surface area (Å²) in [6.07, 6.45) is 3.66. The Hall–Kier alpha value is -1.40. The summed E-state index contributed by atoms with van der Waals surface area (Å²) in [5, 5.41) is 8.79. The topological polar surface area (TPSA) is 84.5 Å². The molecule has 0 radical (unpaired) electrons. The van der Waals surface area contributed by atoms with Crippen LogP contribution in [0.15, 0.2) is 6.33 Å². The molecule has 1 aromatic rings. The van der Waals surface area contributed by atoms with Crippen LogP contribution in [0.3, 0.4) is 0 Å². The Morgan fingerprint density at radius 1 is 1.40 bits per heavy atom. The molecule has 0 unspecified atom stereocenters. The normalized spacial score (nSPS) is 16.9. The fourth-order valence-electron chi connectivity index (χ4n) is 2.66. The lowest BCUT2D eigenvalue weighted by atomic mass is 10.0. The Kier molecular flexibility index (Phi) is 5.14. The quantitative estimate of drug-likeness (QED) is 0.842. The molecule has 20 heavy (non-hydrogen) atoms. The molecule has 0 aliphatic carbocycles. The Bertz CT molecular complexity index is 431. The van der Waals surface area contributed by atoms with Gasteiger partial charge >= 0.3 is 0 Å². The first kappa shape index (κ1) is 15.0. The molecule has 0 atom stereocenters. The van der Waals surface area contributed by atoms with E-state index < -0.39 is 0 Å². The van der Waals surface area contributed by atoms with Crippen molar-refractivity contribution in [2.45, 2.75) is 38.7 Å². The van der Waals surface area contributed by atoms with Gasteiger partial charge in [-0.1, -0.05) is 13.8 Å². The molecule has 112 valence electrons. The third-order valence-electron chi connectivity index (χ3n) is 3.66. The largest absolute Gasteiger partial charge is 0.394 e. The summed E-state index contributed by atoms with van der Waals surface area (Å²) < 4.78 is 5.58. The summed E-state index contributed by atoms with van der Waals surface area (Å²) in [5.74, 6) is 1.83. The third kappa shape index (κ3) is 3.37. The van der Waals surface area contributed by atoms with E-state index in [0.29, 0.717) is 18.3 Å². The highest BCUT2D eigenvalue weighted by Gasteiger charge is 2.24. The maximum atomic E-state index is 8.79. The minimum absolute atomic E-state index is 0.0835. The summed E-state index contributed by atoms with van der Waals surface area (Å²) in [5.41, 5.74) is 7.02. The van der Waals surface area contributed by atoms with Crippen molar-refractivity contribution in [2.75, 3.05) is 36.9 Å². The van der Waals surface area contributed by atoms with Crippen LogP contribution in [0.25, 0.3) is 0 Å². The molecule has 0 aromatic carbocycles. The minimum atomic E-state index is 0.0835. The summed E-state index contributed by atoms with van der Waals surface area (Å²) >= 11 is 0. The van der Waals surface area contributed by atoms with Crippen LogP contribution >= 0.6 is 0 Å². The molecule has 1 aromatic heterocycles. The van der Waals surface area contributed by atoms with Gasteiger partial charge in [0.15, 0.2) is 0 Å². The number of rotatable bonds is 5. The Labute approximate surface area is 120 Å². The van der Waals surface area contributed by atoms with Crippen molar-refractivity contribution in [3.63, 3.8) is 0 Å². The number of nitrogens with zero attached hydrogens (tertiary/aromatic N) is 3. The maximum Gasteiger partial charge on any atom is 0.137 e. The van der Waals surface area contributed by atoms with Gasteiger partial charge in [-0.15, -0.1) is 0 Å². The van der Waals surface area contributed by atoms with Crippen molar-refractivity contribution in [1.29, 1.82) is 0 Å². The number of ether oxygens (including phenoxy) is 1. The molecule has 3 N–H and O–H groups in total. The monoisotopic (exact) mass is 280 g/mol. The molecule has 1 fully saturated rings. The van der Waals surface area contributed by atoms with Gasteiger partial charge in [0.05, 0.1) is 19.3 Å². The van der Waals surface area contributed by atoms with E-state index in [1.54, 1.807) is 0 Å². The van der Waals surface area contributed by atoms with E-state index >= 15 is 0 Å². The number of aromatic nitrogens is 2. The van der Waals surface area contributed by atoms with Crippen molar-refractivity contribution >= 4 is 11.6 Å². The smallest absolute Gasteiger partial charge is 0.137 e. The van der Waals surface area contributed by atoms with Crippen molar-refractivity contribution in [2.24, 2.45) is 0 Å². The van der Waals surface area contributed by atoms with Crippen molar-refractivity contribution in [1.82, 2.24) is 9.97 Å². The second kappa shape index (κ2) is 6.85. The van der Waals surface area contributed by atoms with Gasteiger partial charge in [0.25, 0.3) is 0 Å². The van der Waals surface area contributed by atoms with Gasteiger partial charge in [0.1, 0.15) is 18.0 Å². The summed E-state index contributed by atoms with van der Waals surface area (Å²) in [7, 11) is 0. The lowest BCUT2D eigenvalue weighted by Crippen LogP contribution is -2.38. The van der Waals surface area contributed by atoms with Gasteiger partial charge in [-0.3, -0.25) is 0 Å². The fraction of sp³-hybridized carbons (Fsp3) is 0.714. The highest BCUT2D eigenvalue weighted by molar-refractivity contribution is 5.58. The molecule has 0 bridgehead atoms.